The van der Waals surface area contributed by atoms with Crippen molar-refractivity contribution in [3.8, 4) is 6.07 Å². The molecule has 0 aromatic carbocycles. The molecular weight excluding hydrogens is 203 g/mol. The molecule has 16 heavy (non-hydrogen) atoms. The van der Waals surface area contributed by atoms with Crippen molar-refractivity contribution in [1.29, 1.82) is 5.26 Å². The first-order valence-electron chi connectivity index (χ1n) is 6.43. The minimum absolute atomic E-state index is 0.355. The predicted molar refractivity (Wildman–Crippen MR) is 61.7 cm³/mol. The first-order chi connectivity index (χ1) is 7.58. The van der Waals surface area contributed by atoms with Gasteiger partial charge in [0.2, 0.25) is 0 Å². The van der Waals surface area contributed by atoms with Gasteiger partial charge in [-0.25, -0.2) is 4.39 Å². The van der Waals surface area contributed by atoms with Crippen molar-refractivity contribution in [3.05, 3.63) is 0 Å². The van der Waals surface area contributed by atoms with Gasteiger partial charge in [0.15, 0.2) is 0 Å². The molecule has 0 amide bonds. The van der Waals surface area contributed by atoms with Crippen LogP contribution in [0, 0.1) is 11.3 Å². The number of rotatable bonds is 1. The fourth-order valence-electron chi connectivity index (χ4n) is 3.01. The smallest absolute Gasteiger partial charge is 0.109 e. The second-order valence-corrected chi connectivity index (χ2v) is 5.60. The van der Waals surface area contributed by atoms with E-state index in [0.29, 0.717) is 25.7 Å². The molecular formula is C13H21FN2. The van der Waals surface area contributed by atoms with E-state index in [0.717, 1.165) is 13.1 Å². The van der Waals surface area contributed by atoms with Gasteiger partial charge in [-0.3, -0.25) is 4.90 Å². The molecule has 3 heteroatoms. The summed E-state index contributed by atoms with van der Waals surface area (Å²) in [6.45, 7) is 3.72. The number of hydrogen-bond acceptors (Lipinski definition) is 2. The van der Waals surface area contributed by atoms with Crippen molar-refractivity contribution < 1.29 is 4.39 Å². The van der Waals surface area contributed by atoms with Crippen LogP contribution in [0.5, 0.6) is 0 Å². The Labute approximate surface area is 97.4 Å². The molecule has 1 aliphatic carbocycles. The highest BCUT2D eigenvalue weighted by Gasteiger charge is 2.44. The van der Waals surface area contributed by atoms with Crippen LogP contribution in [0.2, 0.25) is 0 Å². The Hall–Kier alpha value is -0.620. The maximum absolute atomic E-state index is 13.8. The minimum atomic E-state index is -1.05. The molecule has 0 bridgehead atoms. The van der Waals surface area contributed by atoms with Crippen LogP contribution in [0.3, 0.4) is 0 Å². The number of likely N-dealkylation sites (tertiary alicyclic amines) is 1. The number of nitriles is 1. The quantitative estimate of drug-likeness (QED) is 0.684. The van der Waals surface area contributed by atoms with Crippen LogP contribution in [0.15, 0.2) is 0 Å². The Kier molecular flexibility index (Phi) is 3.21. The summed E-state index contributed by atoms with van der Waals surface area (Å²) in [6.07, 6.45) is 6.15. The fourth-order valence-corrected chi connectivity index (χ4v) is 3.01. The SMILES string of the molecule is CC1(F)CCC(C#N)(N2CCCCC2)CC1. The summed E-state index contributed by atoms with van der Waals surface area (Å²) in [6, 6.07) is 2.48. The first kappa shape index (κ1) is 11.9. The second kappa shape index (κ2) is 4.33. The van der Waals surface area contributed by atoms with E-state index in [4.69, 9.17) is 0 Å². The average molecular weight is 224 g/mol. The molecule has 0 N–H and O–H groups in total. The molecule has 0 aromatic heterocycles. The molecule has 2 fully saturated rings. The minimum Gasteiger partial charge on any atom is -0.286 e. The first-order valence-corrected chi connectivity index (χ1v) is 6.43. The lowest BCUT2D eigenvalue weighted by Gasteiger charge is -2.45. The molecule has 1 saturated heterocycles. The van der Waals surface area contributed by atoms with E-state index >= 15 is 0 Å². The Morgan fingerprint density at radius 2 is 1.62 bits per heavy atom. The number of alkyl halides is 1. The van der Waals surface area contributed by atoms with E-state index in [1.54, 1.807) is 6.92 Å². The van der Waals surface area contributed by atoms with Crippen molar-refractivity contribution >= 4 is 0 Å². The van der Waals surface area contributed by atoms with Crippen molar-refractivity contribution in [2.75, 3.05) is 13.1 Å². The zero-order valence-corrected chi connectivity index (χ0v) is 10.1. The van der Waals surface area contributed by atoms with Crippen LogP contribution < -0.4 is 0 Å². The third-order valence-electron chi connectivity index (χ3n) is 4.29. The van der Waals surface area contributed by atoms with E-state index in [1.807, 2.05) is 0 Å². The Bertz CT molecular complexity index is 277. The standard InChI is InChI=1S/C13H21FN2/c1-12(14)5-7-13(11-15,8-6-12)16-9-3-2-4-10-16/h2-10H2,1H3. The molecule has 2 aliphatic rings. The normalized spacial score (nSPS) is 41.6. The summed E-state index contributed by atoms with van der Waals surface area (Å²) >= 11 is 0. The van der Waals surface area contributed by atoms with Gasteiger partial charge in [0.1, 0.15) is 11.2 Å². The lowest BCUT2D eigenvalue weighted by Crippen LogP contribution is -2.53. The van der Waals surface area contributed by atoms with Gasteiger partial charge >= 0.3 is 0 Å². The van der Waals surface area contributed by atoms with Gasteiger partial charge in [0.05, 0.1) is 6.07 Å². The summed E-state index contributed by atoms with van der Waals surface area (Å²) in [5.74, 6) is 0. The van der Waals surface area contributed by atoms with Gasteiger partial charge in [-0.1, -0.05) is 6.42 Å². The Morgan fingerprint density at radius 1 is 1.06 bits per heavy atom. The number of piperidine rings is 1. The molecule has 2 nitrogen and oxygen atoms in total. The molecule has 0 unspecified atom stereocenters. The Balaban J connectivity index is 2.06. The van der Waals surface area contributed by atoms with Gasteiger partial charge in [0, 0.05) is 0 Å². The molecule has 90 valence electrons. The summed E-state index contributed by atoms with van der Waals surface area (Å²) in [5, 5.41) is 9.45. The topological polar surface area (TPSA) is 27.0 Å². The highest BCUT2D eigenvalue weighted by molar-refractivity contribution is 5.12. The van der Waals surface area contributed by atoms with Crippen LogP contribution in [0.1, 0.15) is 51.9 Å². The van der Waals surface area contributed by atoms with Gasteiger partial charge in [-0.2, -0.15) is 5.26 Å². The van der Waals surface area contributed by atoms with E-state index in [1.165, 1.54) is 19.3 Å². The van der Waals surface area contributed by atoms with Crippen molar-refractivity contribution in [3.63, 3.8) is 0 Å². The van der Waals surface area contributed by atoms with Crippen molar-refractivity contribution in [1.82, 2.24) is 4.90 Å². The Morgan fingerprint density at radius 3 is 2.12 bits per heavy atom. The molecule has 0 spiro atoms. The molecule has 0 radical (unpaired) electrons. The van der Waals surface area contributed by atoms with E-state index < -0.39 is 5.67 Å². The maximum Gasteiger partial charge on any atom is 0.109 e. The summed E-state index contributed by atoms with van der Waals surface area (Å²) in [4.78, 5) is 2.31. The maximum atomic E-state index is 13.8. The van der Waals surface area contributed by atoms with Crippen LogP contribution in [-0.4, -0.2) is 29.2 Å². The van der Waals surface area contributed by atoms with E-state index in [-0.39, 0.29) is 5.54 Å². The molecule has 1 heterocycles. The highest BCUT2D eigenvalue weighted by atomic mass is 19.1. The van der Waals surface area contributed by atoms with Crippen LogP contribution in [0.4, 0.5) is 4.39 Å². The van der Waals surface area contributed by atoms with Crippen LogP contribution in [0.25, 0.3) is 0 Å². The number of hydrogen-bond donors (Lipinski definition) is 0. The van der Waals surface area contributed by atoms with Crippen LogP contribution >= 0.6 is 0 Å². The van der Waals surface area contributed by atoms with Gasteiger partial charge < -0.3 is 0 Å². The third kappa shape index (κ3) is 2.22. The lowest BCUT2D eigenvalue weighted by atomic mass is 9.75. The molecule has 2 rings (SSSR count). The van der Waals surface area contributed by atoms with Gasteiger partial charge in [-0.15, -0.1) is 0 Å². The van der Waals surface area contributed by atoms with E-state index in [2.05, 4.69) is 11.0 Å². The average Bonchev–Trinajstić information content (AvgIpc) is 2.31. The van der Waals surface area contributed by atoms with Gasteiger partial charge in [0.25, 0.3) is 0 Å². The van der Waals surface area contributed by atoms with E-state index in [9.17, 15) is 9.65 Å². The number of halogens is 1. The molecule has 1 aliphatic heterocycles. The zero-order chi connectivity index (χ0) is 11.6. The summed E-state index contributed by atoms with van der Waals surface area (Å²) < 4.78 is 13.8. The summed E-state index contributed by atoms with van der Waals surface area (Å²) in [5.41, 5.74) is -1.40. The summed E-state index contributed by atoms with van der Waals surface area (Å²) in [7, 11) is 0. The van der Waals surface area contributed by atoms with Crippen molar-refractivity contribution in [2.24, 2.45) is 0 Å². The monoisotopic (exact) mass is 224 g/mol. The molecule has 1 saturated carbocycles. The zero-order valence-electron chi connectivity index (χ0n) is 10.1. The van der Waals surface area contributed by atoms with Crippen molar-refractivity contribution in [2.45, 2.75) is 63.1 Å². The van der Waals surface area contributed by atoms with Gasteiger partial charge in [-0.05, 0) is 58.5 Å². The predicted octanol–water partition coefficient (Wildman–Crippen LogP) is 3.04. The third-order valence-corrected chi connectivity index (χ3v) is 4.29. The number of nitrogens with zero attached hydrogens (tertiary/aromatic N) is 2. The molecule has 0 atom stereocenters. The second-order valence-electron chi connectivity index (χ2n) is 5.60. The lowest BCUT2D eigenvalue weighted by molar-refractivity contribution is 0.0205. The largest absolute Gasteiger partial charge is 0.286 e. The molecule has 0 aromatic rings. The highest BCUT2D eigenvalue weighted by Crippen LogP contribution is 2.41. The fraction of sp³-hybridized carbons (Fsp3) is 0.923. The van der Waals surface area contributed by atoms with Crippen LogP contribution in [-0.2, 0) is 0 Å².